The van der Waals surface area contributed by atoms with Crippen LogP contribution in [0.4, 0.5) is 0 Å². The first-order valence-corrected chi connectivity index (χ1v) is 6.06. The Morgan fingerprint density at radius 2 is 2.07 bits per heavy atom. The summed E-state index contributed by atoms with van der Waals surface area (Å²) in [6.45, 7) is 4.43. The summed E-state index contributed by atoms with van der Waals surface area (Å²) >= 11 is 3.46. The number of rotatable bonds is 4. The molecule has 1 nitrogen and oxygen atoms in total. The fourth-order valence-corrected chi connectivity index (χ4v) is 2.19. The van der Waals surface area contributed by atoms with Crippen LogP contribution in [-0.2, 0) is 0 Å². The van der Waals surface area contributed by atoms with Gasteiger partial charge in [-0.15, -0.1) is 0 Å². The second kappa shape index (κ2) is 4.45. The minimum absolute atomic E-state index is 0.808. The topological polar surface area (TPSA) is 12.0 Å². The van der Waals surface area contributed by atoms with Crippen molar-refractivity contribution in [3.05, 3.63) is 34.3 Å². The fraction of sp³-hybridized carbons (Fsp3) is 0.500. The summed E-state index contributed by atoms with van der Waals surface area (Å²) in [7, 11) is 0. The van der Waals surface area contributed by atoms with E-state index in [2.05, 4.69) is 52.4 Å². The second-order valence-electron chi connectivity index (χ2n) is 3.96. The van der Waals surface area contributed by atoms with E-state index in [9.17, 15) is 0 Å². The third kappa shape index (κ3) is 2.37. The molecule has 1 saturated carbocycles. The van der Waals surface area contributed by atoms with Gasteiger partial charge in [0.2, 0.25) is 0 Å². The maximum absolute atomic E-state index is 3.46. The van der Waals surface area contributed by atoms with E-state index in [1.54, 1.807) is 0 Å². The summed E-state index contributed by atoms with van der Waals surface area (Å²) in [5, 5.41) is 3.41. The highest BCUT2D eigenvalue weighted by molar-refractivity contribution is 9.10. The number of nitrogens with one attached hydrogen (secondary N) is 1. The largest absolute Gasteiger partial charge is 0.317 e. The molecule has 0 saturated heterocycles. The zero-order valence-corrected chi connectivity index (χ0v) is 10.0. The average Bonchev–Trinajstić information content (AvgIpc) is 2.95. The molecule has 1 fully saturated rings. The third-order valence-corrected chi connectivity index (χ3v) is 3.41. The Morgan fingerprint density at radius 1 is 1.36 bits per heavy atom. The maximum Gasteiger partial charge on any atom is 0.0175 e. The summed E-state index contributed by atoms with van der Waals surface area (Å²) in [5.41, 5.74) is 1.50. The van der Waals surface area contributed by atoms with E-state index in [-0.39, 0.29) is 0 Å². The molecule has 1 N–H and O–H groups in total. The SMILES string of the molecule is CCNCC1CC1c1ccc(Br)cc1. The van der Waals surface area contributed by atoms with Gasteiger partial charge in [-0.3, -0.25) is 0 Å². The first-order valence-electron chi connectivity index (χ1n) is 5.27. The third-order valence-electron chi connectivity index (χ3n) is 2.88. The minimum atomic E-state index is 0.808. The molecule has 2 unspecified atom stereocenters. The van der Waals surface area contributed by atoms with Gasteiger partial charge < -0.3 is 5.32 Å². The van der Waals surface area contributed by atoms with Crippen LogP contribution in [0.5, 0.6) is 0 Å². The van der Waals surface area contributed by atoms with E-state index in [1.807, 2.05) is 0 Å². The van der Waals surface area contributed by atoms with Crippen LogP contribution in [0.15, 0.2) is 28.7 Å². The monoisotopic (exact) mass is 253 g/mol. The van der Waals surface area contributed by atoms with Crippen LogP contribution in [0.1, 0.15) is 24.8 Å². The van der Waals surface area contributed by atoms with Crippen LogP contribution in [0.25, 0.3) is 0 Å². The van der Waals surface area contributed by atoms with Gasteiger partial charge in [0.1, 0.15) is 0 Å². The van der Waals surface area contributed by atoms with Gasteiger partial charge in [-0.1, -0.05) is 35.0 Å². The van der Waals surface area contributed by atoms with Crippen LogP contribution >= 0.6 is 15.9 Å². The summed E-state index contributed by atoms with van der Waals surface area (Å²) in [6, 6.07) is 8.75. The van der Waals surface area contributed by atoms with Crippen molar-refractivity contribution >= 4 is 15.9 Å². The quantitative estimate of drug-likeness (QED) is 0.870. The molecule has 1 aromatic carbocycles. The maximum atomic E-state index is 3.46. The highest BCUT2D eigenvalue weighted by atomic mass is 79.9. The van der Waals surface area contributed by atoms with Crippen molar-refractivity contribution < 1.29 is 0 Å². The molecule has 2 rings (SSSR count). The lowest BCUT2D eigenvalue weighted by atomic mass is 10.1. The molecule has 0 aliphatic heterocycles. The van der Waals surface area contributed by atoms with Crippen LogP contribution in [0, 0.1) is 5.92 Å². The van der Waals surface area contributed by atoms with Gasteiger partial charge in [0.25, 0.3) is 0 Å². The van der Waals surface area contributed by atoms with Crippen LogP contribution in [-0.4, -0.2) is 13.1 Å². The van der Waals surface area contributed by atoms with Gasteiger partial charge >= 0.3 is 0 Å². The summed E-state index contributed by atoms with van der Waals surface area (Å²) in [6.07, 6.45) is 1.36. The average molecular weight is 254 g/mol. The van der Waals surface area contributed by atoms with Gasteiger partial charge in [-0.25, -0.2) is 0 Å². The molecule has 2 atom stereocenters. The summed E-state index contributed by atoms with van der Waals surface area (Å²) < 4.78 is 1.17. The van der Waals surface area contributed by atoms with Crippen molar-refractivity contribution in [1.29, 1.82) is 0 Å². The molecule has 0 aromatic heterocycles. The Labute approximate surface area is 94.0 Å². The molecule has 0 radical (unpaired) electrons. The zero-order chi connectivity index (χ0) is 9.97. The Kier molecular flexibility index (Phi) is 3.24. The standard InChI is InChI=1S/C12H16BrN/c1-2-14-8-10-7-12(10)9-3-5-11(13)6-4-9/h3-6,10,12,14H,2,7-8H2,1H3. The van der Waals surface area contributed by atoms with Crippen LogP contribution < -0.4 is 5.32 Å². The van der Waals surface area contributed by atoms with Crippen molar-refractivity contribution in [2.45, 2.75) is 19.3 Å². The van der Waals surface area contributed by atoms with E-state index in [0.29, 0.717) is 0 Å². The van der Waals surface area contributed by atoms with Crippen molar-refractivity contribution in [3.8, 4) is 0 Å². The fourth-order valence-electron chi connectivity index (χ4n) is 1.92. The van der Waals surface area contributed by atoms with Crippen molar-refractivity contribution in [1.82, 2.24) is 5.32 Å². The van der Waals surface area contributed by atoms with E-state index in [0.717, 1.165) is 18.4 Å². The molecule has 14 heavy (non-hydrogen) atoms. The Bertz CT molecular complexity index is 294. The lowest BCUT2D eigenvalue weighted by molar-refractivity contribution is 0.649. The Hall–Kier alpha value is -0.340. The molecule has 0 amide bonds. The highest BCUT2D eigenvalue weighted by Gasteiger charge is 2.37. The highest BCUT2D eigenvalue weighted by Crippen LogP contribution is 2.46. The molecule has 1 aliphatic rings. The van der Waals surface area contributed by atoms with Gasteiger partial charge in [0.15, 0.2) is 0 Å². The van der Waals surface area contributed by atoms with Crippen molar-refractivity contribution in [2.24, 2.45) is 5.92 Å². The van der Waals surface area contributed by atoms with E-state index < -0.39 is 0 Å². The van der Waals surface area contributed by atoms with E-state index >= 15 is 0 Å². The van der Waals surface area contributed by atoms with Gasteiger partial charge in [-0.2, -0.15) is 0 Å². The lowest BCUT2D eigenvalue weighted by Gasteiger charge is -2.01. The molecule has 1 aromatic rings. The normalized spacial score (nSPS) is 25.0. The summed E-state index contributed by atoms with van der Waals surface area (Å²) in [5.74, 6) is 1.68. The first kappa shape index (κ1) is 10.2. The molecule has 1 aliphatic carbocycles. The number of hydrogen-bond acceptors (Lipinski definition) is 1. The molecule has 0 bridgehead atoms. The van der Waals surface area contributed by atoms with Crippen LogP contribution in [0.3, 0.4) is 0 Å². The van der Waals surface area contributed by atoms with Gasteiger partial charge in [0.05, 0.1) is 0 Å². The van der Waals surface area contributed by atoms with E-state index in [1.165, 1.54) is 23.0 Å². The predicted octanol–water partition coefficient (Wildman–Crippen LogP) is 3.16. The summed E-state index contributed by atoms with van der Waals surface area (Å²) in [4.78, 5) is 0. The number of hydrogen-bond donors (Lipinski definition) is 1. The van der Waals surface area contributed by atoms with Crippen molar-refractivity contribution in [3.63, 3.8) is 0 Å². The molecule has 0 heterocycles. The smallest absolute Gasteiger partial charge is 0.0175 e. The van der Waals surface area contributed by atoms with Gasteiger partial charge in [-0.05, 0) is 49.0 Å². The molecule has 2 heteroatoms. The number of halogens is 1. The molecular formula is C12H16BrN. The first-order chi connectivity index (χ1) is 6.81. The predicted molar refractivity (Wildman–Crippen MR) is 63.5 cm³/mol. The lowest BCUT2D eigenvalue weighted by Crippen LogP contribution is -2.16. The minimum Gasteiger partial charge on any atom is -0.317 e. The Morgan fingerprint density at radius 3 is 2.71 bits per heavy atom. The second-order valence-corrected chi connectivity index (χ2v) is 4.88. The van der Waals surface area contributed by atoms with E-state index in [4.69, 9.17) is 0 Å². The molecule has 76 valence electrons. The Balaban J connectivity index is 1.89. The molecule has 0 spiro atoms. The van der Waals surface area contributed by atoms with Gasteiger partial charge in [0, 0.05) is 4.47 Å². The molecular weight excluding hydrogens is 238 g/mol. The zero-order valence-electron chi connectivity index (χ0n) is 8.46. The number of benzene rings is 1. The van der Waals surface area contributed by atoms with Crippen LogP contribution in [0.2, 0.25) is 0 Å². The van der Waals surface area contributed by atoms with Crippen molar-refractivity contribution in [2.75, 3.05) is 13.1 Å².